The molecule has 1 unspecified atom stereocenters. The number of Topliss-reactive ketones (excluding diaryl/α,β-unsaturated/α-hetero) is 1. The van der Waals surface area contributed by atoms with Gasteiger partial charge in [0.2, 0.25) is 0 Å². The van der Waals surface area contributed by atoms with Crippen molar-refractivity contribution in [1.82, 2.24) is 4.90 Å². The summed E-state index contributed by atoms with van der Waals surface area (Å²) in [6.07, 6.45) is 1.63. The zero-order valence-electron chi connectivity index (χ0n) is 18.2. The molecule has 1 fully saturated rings. The molecule has 7 nitrogen and oxygen atoms in total. The molecule has 1 saturated heterocycles. The number of hydrogen-bond donors (Lipinski definition) is 1. The van der Waals surface area contributed by atoms with Crippen LogP contribution < -0.4 is 9.47 Å². The number of benzene rings is 2. The summed E-state index contributed by atoms with van der Waals surface area (Å²) in [5.41, 5.74) is 1.14. The van der Waals surface area contributed by atoms with E-state index < -0.39 is 17.7 Å². The number of ketones is 1. The molecule has 0 bridgehead atoms. The van der Waals surface area contributed by atoms with Crippen molar-refractivity contribution in [3.63, 3.8) is 0 Å². The molecule has 0 aromatic heterocycles. The summed E-state index contributed by atoms with van der Waals surface area (Å²) >= 11 is 0. The van der Waals surface area contributed by atoms with Crippen molar-refractivity contribution >= 4 is 17.4 Å². The Morgan fingerprint density at radius 2 is 1.69 bits per heavy atom. The molecule has 0 radical (unpaired) electrons. The summed E-state index contributed by atoms with van der Waals surface area (Å²) in [6, 6.07) is 13.1. The predicted octanol–water partition coefficient (Wildman–Crippen LogP) is 3.72. The standard InChI is InChI=1S/C25H27NO6/c1-4-15-32-20-12-8-18(9-13-20)23(27)21-22(17-6-10-19(11-7-17)31-5-2)26(14-16-30-3)25(29)24(21)28/h4,6-13,22,27H,1,5,14-16H2,2-3H3/b23-21+. The second kappa shape index (κ2) is 10.6. The van der Waals surface area contributed by atoms with Crippen LogP contribution in [0.5, 0.6) is 11.5 Å². The number of nitrogens with zero attached hydrogens (tertiary/aromatic N) is 1. The molecule has 1 heterocycles. The highest BCUT2D eigenvalue weighted by molar-refractivity contribution is 6.46. The van der Waals surface area contributed by atoms with E-state index in [2.05, 4.69) is 6.58 Å². The first-order valence-electron chi connectivity index (χ1n) is 10.4. The van der Waals surface area contributed by atoms with Crippen LogP contribution in [0.25, 0.3) is 5.76 Å². The van der Waals surface area contributed by atoms with E-state index in [0.29, 0.717) is 35.8 Å². The molecule has 1 atom stereocenters. The van der Waals surface area contributed by atoms with E-state index in [-0.39, 0.29) is 24.5 Å². The van der Waals surface area contributed by atoms with Crippen molar-refractivity contribution in [3.8, 4) is 11.5 Å². The molecule has 1 N–H and O–H groups in total. The fourth-order valence-corrected chi connectivity index (χ4v) is 3.58. The van der Waals surface area contributed by atoms with E-state index in [0.717, 1.165) is 0 Å². The first-order valence-corrected chi connectivity index (χ1v) is 10.4. The number of hydrogen-bond acceptors (Lipinski definition) is 6. The summed E-state index contributed by atoms with van der Waals surface area (Å²) < 4.78 is 16.1. The molecule has 1 amide bonds. The van der Waals surface area contributed by atoms with Gasteiger partial charge < -0.3 is 24.2 Å². The zero-order chi connectivity index (χ0) is 23.1. The average molecular weight is 437 g/mol. The lowest BCUT2D eigenvalue weighted by Gasteiger charge is -2.25. The van der Waals surface area contributed by atoms with Crippen molar-refractivity contribution in [3.05, 3.63) is 77.9 Å². The summed E-state index contributed by atoms with van der Waals surface area (Å²) in [5.74, 6) is -0.361. The highest BCUT2D eigenvalue weighted by Gasteiger charge is 2.45. The van der Waals surface area contributed by atoms with Crippen LogP contribution in [0.1, 0.15) is 24.1 Å². The Kier molecular flexibility index (Phi) is 7.68. The molecule has 2 aromatic rings. The maximum atomic E-state index is 12.9. The summed E-state index contributed by atoms with van der Waals surface area (Å²) in [7, 11) is 1.53. The molecule has 3 rings (SSSR count). The second-order valence-corrected chi connectivity index (χ2v) is 7.11. The van der Waals surface area contributed by atoms with Gasteiger partial charge in [0.25, 0.3) is 11.7 Å². The molecule has 0 aliphatic carbocycles. The highest BCUT2D eigenvalue weighted by Crippen LogP contribution is 2.39. The third kappa shape index (κ3) is 4.84. The summed E-state index contributed by atoms with van der Waals surface area (Å²) in [4.78, 5) is 27.2. The molecular weight excluding hydrogens is 410 g/mol. The molecule has 168 valence electrons. The number of ether oxygens (including phenoxy) is 3. The van der Waals surface area contributed by atoms with Gasteiger partial charge in [-0.3, -0.25) is 9.59 Å². The van der Waals surface area contributed by atoms with E-state index in [9.17, 15) is 14.7 Å². The Morgan fingerprint density at radius 3 is 2.28 bits per heavy atom. The first-order chi connectivity index (χ1) is 15.5. The van der Waals surface area contributed by atoms with E-state index >= 15 is 0 Å². The number of amides is 1. The number of likely N-dealkylation sites (tertiary alicyclic amines) is 1. The van der Waals surface area contributed by atoms with Gasteiger partial charge >= 0.3 is 0 Å². The van der Waals surface area contributed by atoms with E-state index in [1.807, 2.05) is 6.92 Å². The minimum absolute atomic E-state index is 0.0371. The van der Waals surface area contributed by atoms with Gasteiger partial charge in [-0.15, -0.1) is 0 Å². The summed E-state index contributed by atoms with van der Waals surface area (Å²) in [5, 5.41) is 11.1. The fourth-order valence-electron chi connectivity index (χ4n) is 3.58. The van der Waals surface area contributed by atoms with Crippen LogP contribution in [0.15, 0.2) is 66.8 Å². The Labute approximate surface area is 187 Å². The maximum Gasteiger partial charge on any atom is 0.295 e. The van der Waals surface area contributed by atoms with Crippen LogP contribution in [0, 0.1) is 0 Å². The number of carbonyl (C=O) groups is 2. The zero-order valence-corrected chi connectivity index (χ0v) is 18.2. The van der Waals surface area contributed by atoms with Gasteiger partial charge in [-0.2, -0.15) is 0 Å². The van der Waals surface area contributed by atoms with Crippen molar-refractivity contribution in [2.75, 3.05) is 33.5 Å². The minimum atomic E-state index is -0.738. The lowest BCUT2D eigenvalue weighted by molar-refractivity contribution is -0.140. The molecule has 1 aliphatic heterocycles. The molecule has 2 aromatic carbocycles. The molecule has 1 aliphatic rings. The van der Waals surface area contributed by atoms with Gasteiger partial charge in [-0.05, 0) is 48.9 Å². The Hall–Kier alpha value is -3.58. The molecule has 0 spiro atoms. The average Bonchev–Trinajstić information content (AvgIpc) is 3.06. The lowest BCUT2D eigenvalue weighted by Crippen LogP contribution is -2.32. The van der Waals surface area contributed by atoms with Crippen molar-refractivity contribution < 1.29 is 28.9 Å². The largest absolute Gasteiger partial charge is 0.507 e. The number of rotatable bonds is 10. The third-order valence-electron chi connectivity index (χ3n) is 5.08. The number of methoxy groups -OCH3 is 1. The number of carbonyl (C=O) groups excluding carboxylic acids is 2. The van der Waals surface area contributed by atoms with Gasteiger partial charge in [-0.25, -0.2) is 0 Å². The van der Waals surface area contributed by atoms with Gasteiger partial charge in [-0.1, -0.05) is 24.8 Å². The number of aliphatic hydroxyl groups excluding tert-OH is 1. The van der Waals surface area contributed by atoms with Crippen LogP contribution in [0.3, 0.4) is 0 Å². The van der Waals surface area contributed by atoms with Gasteiger partial charge in [0.1, 0.15) is 23.9 Å². The monoisotopic (exact) mass is 437 g/mol. The predicted molar refractivity (Wildman–Crippen MR) is 121 cm³/mol. The van der Waals surface area contributed by atoms with Gasteiger partial charge in [0.05, 0.1) is 24.8 Å². The van der Waals surface area contributed by atoms with Gasteiger partial charge in [0.15, 0.2) is 0 Å². The normalized spacial score (nSPS) is 17.4. The molecule has 0 saturated carbocycles. The molecule has 32 heavy (non-hydrogen) atoms. The van der Waals surface area contributed by atoms with Crippen LogP contribution in [0.4, 0.5) is 0 Å². The van der Waals surface area contributed by atoms with Crippen LogP contribution >= 0.6 is 0 Å². The lowest BCUT2D eigenvalue weighted by atomic mass is 9.95. The Balaban J connectivity index is 2.04. The van der Waals surface area contributed by atoms with Crippen molar-refractivity contribution in [1.29, 1.82) is 0 Å². The van der Waals surface area contributed by atoms with Crippen molar-refractivity contribution in [2.24, 2.45) is 0 Å². The smallest absolute Gasteiger partial charge is 0.295 e. The van der Waals surface area contributed by atoms with Crippen molar-refractivity contribution in [2.45, 2.75) is 13.0 Å². The van der Waals surface area contributed by atoms with E-state index in [1.54, 1.807) is 54.6 Å². The van der Waals surface area contributed by atoms with Crippen LogP contribution in [-0.4, -0.2) is 55.2 Å². The first kappa shape index (κ1) is 23.1. The molecule has 7 heteroatoms. The van der Waals surface area contributed by atoms with Gasteiger partial charge in [0, 0.05) is 19.2 Å². The minimum Gasteiger partial charge on any atom is -0.507 e. The Bertz CT molecular complexity index is 994. The SMILES string of the molecule is C=CCOc1ccc(/C(O)=C2\C(=O)C(=O)N(CCOC)C2c2ccc(OCC)cc2)cc1. The second-order valence-electron chi connectivity index (χ2n) is 7.11. The topological polar surface area (TPSA) is 85.3 Å². The van der Waals surface area contributed by atoms with Crippen LogP contribution in [-0.2, 0) is 14.3 Å². The van der Waals surface area contributed by atoms with E-state index in [4.69, 9.17) is 14.2 Å². The van der Waals surface area contributed by atoms with E-state index in [1.165, 1.54) is 12.0 Å². The third-order valence-corrected chi connectivity index (χ3v) is 5.08. The molecular formula is C25H27NO6. The fraction of sp³-hybridized carbons (Fsp3) is 0.280. The number of aliphatic hydroxyl groups is 1. The maximum absolute atomic E-state index is 12.9. The summed E-state index contributed by atoms with van der Waals surface area (Å²) in [6.45, 7) is 6.85. The van der Waals surface area contributed by atoms with Crippen LogP contribution in [0.2, 0.25) is 0 Å². The quantitative estimate of drug-likeness (QED) is 0.264. The Morgan fingerprint density at radius 1 is 1.06 bits per heavy atom. The highest BCUT2D eigenvalue weighted by atomic mass is 16.5.